The molecular weight excluding hydrogens is 444 g/mol. The van der Waals surface area contributed by atoms with Crippen molar-refractivity contribution in [2.75, 3.05) is 18.2 Å². The summed E-state index contributed by atoms with van der Waals surface area (Å²) in [6, 6.07) is 9.63. The molecule has 3 heterocycles. The molecule has 2 aromatic heterocycles. The van der Waals surface area contributed by atoms with Gasteiger partial charge in [0.2, 0.25) is 0 Å². The topological polar surface area (TPSA) is 97.9 Å². The first kappa shape index (κ1) is 24.8. The highest BCUT2D eigenvalue weighted by Gasteiger charge is 2.22. The summed E-state index contributed by atoms with van der Waals surface area (Å²) in [5.41, 5.74) is 3.51. The fourth-order valence-electron chi connectivity index (χ4n) is 4.07. The molecule has 186 valence electrons. The fraction of sp³-hybridized carbons (Fsp3) is 0.462. The van der Waals surface area contributed by atoms with E-state index < -0.39 is 0 Å². The van der Waals surface area contributed by atoms with Crippen LogP contribution in [0.4, 0.5) is 5.69 Å². The van der Waals surface area contributed by atoms with Gasteiger partial charge in [-0.15, -0.1) is 0 Å². The van der Waals surface area contributed by atoms with Gasteiger partial charge in [0.1, 0.15) is 5.75 Å². The first-order valence-corrected chi connectivity index (χ1v) is 12.2. The summed E-state index contributed by atoms with van der Waals surface area (Å²) in [5, 5.41) is 20.5. The summed E-state index contributed by atoms with van der Waals surface area (Å²) in [5.74, 6) is 1.31. The van der Waals surface area contributed by atoms with Gasteiger partial charge in [0.25, 0.3) is 0 Å². The van der Waals surface area contributed by atoms with E-state index in [1.807, 2.05) is 63.0 Å². The van der Waals surface area contributed by atoms with Crippen molar-refractivity contribution in [1.29, 1.82) is 0 Å². The number of hydrogen-bond donors (Lipinski definition) is 1. The van der Waals surface area contributed by atoms with Crippen LogP contribution in [-0.4, -0.2) is 56.6 Å². The number of aromatic nitrogens is 4. The van der Waals surface area contributed by atoms with E-state index in [0.717, 1.165) is 47.7 Å². The molecule has 1 aliphatic rings. The maximum atomic E-state index is 9.49. The SMILES string of the molecule is Cc1c(-c2ccnc(/C=N/N(c3ccc(OC(C)C)cc3)C3CCCCO3)n2)cnn1C(C)CO. The molecule has 35 heavy (non-hydrogen) atoms. The second kappa shape index (κ2) is 11.4. The predicted molar refractivity (Wildman–Crippen MR) is 136 cm³/mol. The average Bonchev–Trinajstić information content (AvgIpc) is 3.26. The van der Waals surface area contributed by atoms with Crippen LogP contribution in [0.3, 0.4) is 0 Å². The molecule has 9 nitrogen and oxygen atoms in total. The van der Waals surface area contributed by atoms with Crippen LogP contribution >= 0.6 is 0 Å². The van der Waals surface area contributed by atoms with Crippen molar-refractivity contribution >= 4 is 11.9 Å². The van der Waals surface area contributed by atoms with Crippen molar-refractivity contribution in [3.8, 4) is 17.0 Å². The lowest BCUT2D eigenvalue weighted by Crippen LogP contribution is -2.36. The van der Waals surface area contributed by atoms with E-state index in [2.05, 4.69) is 10.1 Å². The molecule has 9 heteroatoms. The molecule has 3 aromatic rings. The minimum Gasteiger partial charge on any atom is -0.491 e. The molecule has 0 amide bonds. The van der Waals surface area contributed by atoms with Crippen LogP contribution in [0.5, 0.6) is 5.75 Å². The van der Waals surface area contributed by atoms with E-state index in [1.54, 1.807) is 23.3 Å². The second-order valence-electron chi connectivity index (χ2n) is 8.99. The molecule has 0 spiro atoms. The van der Waals surface area contributed by atoms with E-state index in [-0.39, 0.29) is 25.0 Å². The van der Waals surface area contributed by atoms with Crippen molar-refractivity contribution < 1.29 is 14.6 Å². The van der Waals surface area contributed by atoms with Gasteiger partial charge in [-0.05, 0) is 77.3 Å². The molecule has 1 aromatic carbocycles. The summed E-state index contributed by atoms with van der Waals surface area (Å²) in [6.45, 7) is 8.65. The summed E-state index contributed by atoms with van der Waals surface area (Å²) in [4.78, 5) is 9.09. The van der Waals surface area contributed by atoms with Crippen LogP contribution in [0, 0.1) is 6.92 Å². The Hall–Kier alpha value is -3.30. The number of hydrazone groups is 1. The number of benzene rings is 1. The lowest BCUT2D eigenvalue weighted by molar-refractivity contribution is 0.0146. The lowest BCUT2D eigenvalue weighted by Gasteiger charge is -2.32. The summed E-state index contributed by atoms with van der Waals surface area (Å²) in [7, 11) is 0. The van der Waals surface area contributed by atoms with E-state index in [0.29, 0.717) is 12.4 Å². The largest absolute Gasteiger partial charge is 0.491 e. The van der Waals surface area contributed by atoms with E-state index >= 15 is 0 Å². The zero-order valence-electron chi connectivity index (χ0n) is 20.8. The van der Waals surface area contributed by atoms with Gasteiger partial charge in [-0.3, -0.25) is 4.68 Å². The van der Waals surface area contributed by atoms with Gasteiger partial charge in [0.15, 0.2) is 12.1 Å². The quantitative estimate of drug-likeness (QED) is 0.360. The average molecular weight is 479 g/mol. The summed E-state index contributed by atoms with van der Waals surface area (Å²) >= 11 is 0. The lowest BCUT2D eigenvalue weighted by atomic mass is 10.1. The Bertz CT molecular complexity index is 1120. The maximum absolute atomic E-state index is 9.49. The molecule has 1 fully saturated rings. The van der Waals surface area contributed by atoms with Crippen molar-refractivity contribution in [1.82, 2.24) is 19.7 Å². The first-order valence-electron chi connectivity index (χ1n) is 12.2. The molecular formula is C26H34N6O3. The van der Waals surface area contributed by atoms with E-state index in [1.165, 1.54) is 0 Å². The predicted octanol–water partition coefficient (Wildman–Crippen LogP) is 4.36. The maximum Gasteiger partial charge on any atom is 0.172 e. The minimum atomic E-state index is -0.152. The van der Waals surface area contributed by atoms with Crippen molar-refractivity contribution in [2.24, 2.45) is 5.10 Å². The fourth-order valence-corrected chi connectivity index (χ4v) is 4.07. The number of ether oxygens (including phenoxy) is 2. The first-order chi connectivity index (χ1) is 17.0. The molecule has 4 rings (SSSR count). The van der Waals surface area contributed by atoms with Gasteiger partial charge >= 0.3 is 0 Å². The number of aliphatic hydroxyl groups excluding tert-OH is 1. The number of anilines is 1. The van der Waals surface area contributed by atoms with Gasteiger partial charge in [-0.1, -0.05) is 0 Å². The van der Waals surface area contributed by atoms with Crippen molar-refractivity contribution in [3.05, 3.63) is 54.2 Å². The monoisotopic (exact) mass is 478 g/mol. The zero-order chi connectivity index (χ0) is 24.8. The van der Waals surface area contributed by atoms with Crippen LogP contribution < -0.4 is 9.75 Å². The molecule has 0 saturated carbocycles. The highest BCUT2D eigenvalue weighted by Crippen LogP contribution is 2.27. The van der Waals surface area contributed by atoms with Crippen LogP contribution in [0.25, 0.3) is 11.3 Å². The smallest absolute Gasteiger partial charge is 0.172 e. The number of aliphatic hydroxyl groups is 1. The van der Waals surface area contributed by atoms with Crippen LogP contribution in [-0.2, 0) is 4.74 Å². The highest BCUT2D eigenvalue weighted by molar-refractivity contribution is 5.77. The molecule has 0 radical (unpaired) electrons. The Labute approximate surface area is 206 Å². The van der Waals surface area contributed by atoms with Gasteiger partial charge in [-0.25, -0.2) is 15.0 Å². The van der Waals surface area contributed by atoms with Gasteiger partial charge in [-0.2, -0.15) is 10.2 Å². The molecule has 1 saturated heterocycles. The van der Waals surface area contributed by atoms with Crippen LogP contribution in [0.2, 0.25) is 0 Å². The Balaban J connectivity index is 1.59. The normalized spacial score (nSPS) is 17.1. The zero-order valence-corrected chi connectivity index (χ0v) is 20.8. The standard InChI is InChI=1S/C26H34N6O3/c1-18(2)35-22-10-8-21(9-11-22)32(26-7-5-6-14-34-26)29-16-25-27-13-12-24(30-25)23-15-28-31(20(23)4)19(3)17-33/h8-13,15-16,18-19,26,33H,5-7,14,17H2,1-4H3/b29-16+. The molecule has 2 atom stereocenters. The van der Waals surface area contributed by atoms with Gasteiger partial charge in [0.05, 0.1) is 42.5 Å². The third-order valence-corrected chi connectivity index (χ3v) is 5.88. The van der Waals surface area contributed by atoms with E-state index in [9.17, 15) is 5.11 Å². The third-order valence-electron chi connectivity index (χ3n) is 5.88. The van der Waals surface area contributed by atoms with Crippen LogP contribution in [0.15, 0.2) is 47.8 Å². The van der Waals surface area contributed by atoms with Crippen molar-refractivity contribution in [2.45, 2.75) is 65.3 Å². The molecule has 0 bridgehead atoms. The molecule has 1 N–H and O–H groups in total. The Morgan fingerprint density at radius 3 is 2.71 bits per heavy atom. The Kier molecular flexibility index (Phi) is 8.09. The number of rotatable bonds is 9. The number of hydrogen-bond acceptors (Lipinski definition) is 8. The molecule has 2 unspecified atom stereocenters. The van der Waals surface area contributed by atoms with E-state index in [4.69, 9.17) is 19.6 Å². The molecule has 1 aliphatic heterocycles. The number of nitrogens with zero attached hydrogens (tertiary/aromatic N) is 6. The third kappa shape index (κ3) is 6.04. The van der Waals surface area contributed by atoms with Crippen LogP contribution in [0.1, 0.15) is 57.6 Å². The van der Waals surface area contributed by atoms with Crippen molar-refractivity contribution in [3.63, 3.8) is 0 Å². The second-order valence-corrected chi connectivity index (χ2v) is 8.99. The summed E-state index contributed by atoms with van der Waals surface area (Å²) < 4.78 is 13.6. The minimum absolute atomic E-state index is 0.0211. The Morgan fingerprint density at radius 1 is 1.23 bits per heavy atom. The van der Waals surface area contributed by atoms with Gasteiger partial charge < -0.3 is 14.6 Å². The summed E-state index contributed by atoms with van der Waals surface area (Å²) in [6.07, 6.45) is 8.15. The Morgan fingerprint density at radius 2 is 2.03 bits per heavy atom. The van der Waals surface area contributed by atoms with Gasteiger partial charge in [0, 0.05) is 24.1 Å². The highest BCUT2D eigenvalue weighted by atomic mass is 16.5. The molecule has 0 aliphatic carbocycles.